The Labute approximate surface area is 122 Å². The van der Waals surface area contributed by atoms with Gasteiger partial charge in [-0.1, -0.05) is 0 Å². The molecule has 0 aromatic rings. The highest BCUT2D eigenvalue weighted by Gasteiger charge is 2.37. The SMILES string of the molecule is O=C(O)CCC(=O)O.O=C(O)[C@@H](O)[C@@H](O)[C@H](O)[C@@H](O)C(=O)O. The molecule has 0 aromatic carbocycles. The van der Waals surface area contributed by atoms with Gasteiger partial charge in [-0.25, -0.2) is 9.59 Å². The van der Waals surface area contributed by atoms with Crippen LogP contribution in [0.15, 0.2) is 0 Å². The van der Waals surface area contributed by atoms with Crippen LogP contribution in [0.25, 0.3) is 0 Å². The second-order valence-electron chi connectivity index (χ2n) is 3.83. The maximum absolute atomic E-state index is 10.1. The molecule has 128 valence electrons. The Bertz CT molecular complexity index is 367. The number of aliphatic hydroxyl groups is 4. The lowest BCUT2D eigenvalue weighted by molar-refractivity contribution is -0.172. The zero-order chi connectivity index (χ0) is 18.0. The molecular weight excluding hydrogens is 312 g/mol. The van der Waals surface area contributed by atoms with Crippen molar-refractivity contribution in [2.45, 2.75) is 37.3 Å². The predicted octanol–water partition coefficient (Wildman–Crippen LogP) is -3.46. The molecular formula is C10H16O12. The van der Waals surface area contributed by atoms with Crippen LogP contribution < -0.4 is 0 Å². The zero-order valence-corrected chi connectivity index (χ0v) is 10.9. The van der Waals surface area contributed by atoms with Gasteiger partial charge in [0.1, 0.15) is 12.2 Å². The first-order valence-corrected chi connectivity index (χ1v) is 5.53. The van der Waals surface area contributed by atoms with Crippen LogP contribution in [-0.4, -0.2) is 89.1 Å². The van der Waals surface area contributed by atoms with Crippen molar-refractivity contribution < 1.29 is 60.0 Å². The average Bonchev–Trinajstić information content (AvgIpc) is 2.42. The van der Waals surface area contributed by atoms with Crippen molar-refractivity contribution in [2.24, 2.45) is 0 Å². The van der Waals surface area contributed by atoms with Gasteiger partial charge >= 0.3 is 23.9 Å². The van der Waals surface area contributed by atoms with Gasteiger partial charge in [0.15, 0.2) is 12.2 Å². The molecule has 0 bridgehead atoms. The standard InChI is InChI=1S/C6H10O8.C4H6O4/c7-1(3(9)5(11)12)2(8)4(10)6(13)14;5-3(6)1-2-4(7)8/h1-4,7-10H,(H,11,12)(H,13,14);1-2H2,(H,5,6)(H,7,8)/t1-,2-,3-,4+;/m0./s1. The highest BCUT2D eigenvalue weighted by atomic mass is 16.4. The summed E-state index contributed by atoms with van der Waals surface area (Å²) < 4.78 is 0. The maximum atomic E-state index is 10.1. The Morgan fingerprint density at radius 2 is 0.818 bits per heavy atom. The van der Waals surface area contributed by atoms with Gasteiger partial charge < -0.3 is 40.9 Å². The molecule has 0 rings (SSSR count). The summed E-state index contributed by atoms with van der Waals surface area (Å²) in [7, 11) is 0. The molecule has 0 amide bonds. The molecule has 0 aliphatic rings. The van der Waals surface area contributed by atoms with E-state index >= 15 is 0 Å². The lowest BCUT2D eigenvalue weighted by Crippen LogP contribution is -2.49. The van der Waals surface area contributed by atoms with Crippen LogP contribution in [0.1, 0.15) is 12.8 Å². The number of carbonyl (C=O) groups is 4. The minimum absolute atomic E-state index is 0.296. The van der Waals surface area contributed by atoms with Crippen LogP contribution in [0, 0.1) is 0 Å². The summed E-state index contributed by atoms with van der Waals surface area (Å²) in [6, 6.07) is 0. The number of aliphatic carboxylic acids is 4. The Morgan fingerprint density at radius 1 is 0.591 bits per heavy atom. The van der Waals surface area contributed by atoms with Gasteiger partial charge in [0, 0.05) is 0 Å². The van der Waals surface area contributed by atoms with Crippen molar-refractivity contribution in [3.63, 3.8) is 0 Å². The van der Waals surface area contributed by atoms with E-state index in [1.54, 1.807) is 0 Å². The summed E-state index contributed by atoms with van der Waals surface area (Å²) in [4.78, 5) is 39.5. The third-order valence-corrected chi connectivity index (χ3v) is 2.06. The molecule has 0 saturated carbocycles. The number of carboxylic acid groups (broad SMARTS) is 4. The molecule has 0 heterocycles. The van der Waals surface area contributed by atoms with Crippen LogP contribution in [-0.2, 0) is 19.2 Å². The summed E-state index contributed by atoms with van der Waals surface area (Å²) in [6.07, 6.45) is -9.87. The van der Waals surface area contributed by atoms with E-state index in [0.29, 0.717) is 0 Å². The molecule has 8 N–H and O–H groups in total. The van der Waals surface area contributed by atoms with Gasteiger partial charge in [0.05, 0.1) is 12.8 Å². The van der Waals surface area contributed by atoms with E-state index in [1.807, 2.05) is 0 Å². The number of carboxylic acids is 4. The van der Waals surface area contributed by atoms with E-state index in [1.165, 1.54) is 0 Å². The van der Waals surface area contributed by atoms with Crippen molar-refractivity contribution >= 4 is 23.9 Å². The van der Waals surface area contributed by atoms with Crippen LogP contribution in [0.3, 0.4) is 0 Å². The first-order valence-electron chi connectivity index (χ1n) is 5.53. The number of rotatable bonds is 8. The van der Waals surface area contributed by atoms with E-state index in [2.05, 4.69) is 0 Å². The third kappa shape index (κ3) is 9.60. The lowest BCUT2D eigenvalue weighted by Gasteiger charge is -2.21. The van der Waals surface area contributed by atoms with Crippen LogP contribution in [0.2, 0.25) is 0 Å². The lowest BCUT2D eigenvalue weighted by atomic mass is 10.0. The van der Waals surface area contributed by atoms with Crippen LogP contribution >= 0.6 is 0 Å². The molecule has 0 fully saturated rings. The normalized spacial score (nSPS) is 15.5. The van der Waals surface area contributed by atoms with E-state index in [4.69, 9.17) is 40.9 Å². The maximum Gasteiger partial charge on any atom is 0.335 e. The third-order valence-electron chi connectivity index (χ3n) is 2.06. The minimum Gasteiger partial charge on any atom is -0.481 e. The first kappa shape index (κ1) is 22.0. The monoisotopic (exact) mass is 328 g/mol. The van der Waals surface area contributed by atoms with E-state index in [0.717, 1.165) is 0 Å². The summed E-state index contributed by atoms with van der Waals surface area (Å²) in [5.74, 6) is -5.83. The highest BCUT2D eigenvalue weighted by Crippen LogP contribution is 2.05. The van der Waals surface area contributed by atoms with Gasteiger partial charge in [-0.05, 0) is 0 Å². The predicted molar refractivity (Wildman–Crippen MR) is 63.8 cm³/mol. The fourth-order valence-corrected chi connectivity index (χ4v) is 0.880. The second-order valence-corrected chi connectivity index (χ2v) is 3.83. The molecule has 0 spiro atoms. The van der Waals surface area contributed by atoms with Gasteiger partial charge in [0.25, 0.3) is 0 Å². The molecule has 0 aliphatic carbocycles. The average molecular weight is 328 g/mol. The Hall–Kier alpha value is -2.28. The molecule has 0 aliphatic heterocycles. The van der Waals surface area contributed by atoms with Gasteiger partial charge in [-0.3, -0.25) is 9.59 Å². The molecule has 12 heteroatoms. The van der Waals surface area contributed by atoms with Crippen LogP contribution in [0.5, 0.6) is 0 Å². The molecule has 4 atom stereocenters. The summed E-state index contributed by atoms with van der Waals surface area (Å²) in [5, 5.41) is 67.2. The highest BCUT2D eigenvalue weighted by molar-refractivity contribution is 5.75. The van der Waals surface area contributed by atoms with Crippen LogP contribution in [0.4, 0.5) is 0 Å². The summed E-state index contributed by atoms with van der Waals surface area (Å²) in [5.41, 5.74) is 0. The molecule has 0 saturated heterocycles. The smallest absolute Gasteiger partial charge is 0.335 e. The van der Waals surface area contributed by atoms with Crippen molar-refractivity contribution in [1.29, 1.82) is 0 Å². The fraction of sp³-hybridized carbons (Fsp3) is 0.600. The van der Waals surface area contributed by atoms with Gasteiger partial charge in [-0.2, -0.15) is 0 Å². The topological polar surface area (TPSA) is 230 Å². The number of hydrogen-bond donors (Lipinski definition) is 8. The van der Waals surface area contributed by atoms with E-state index < -0.39 is 48.3 Å². The van der Waals surface area contributed by atoms with Crippen molar-refractivity contribution in [2.75, 3.05) is 0 Å². The zero-order valence-electron chi connectivity index (χ0n) is 10.9. The second kappa shape index (κ2) is 10.4. The molecule has 0 aromatic heterocycles. The number of aliphatic hydroxyl groups excluding tert-OH is 4. The quantitative estimate of drug-likeness (QED) is 0.217. The first-order chi connectivity index (χ1) is 9.91. The summed E-state index contributed by atoms with van der Waals surface area (Å²) in [6.45, 7) is 0. The molecule has 0 radical (unpaired) electrons. The van der Waals surface area contributed by atoms with E-state index in [-0.39, 0.29) is 12.8 Å². The molecule has 0 unspecified atom stereocenters. The largest absolute Gasteiger partial charge is 0.481 e. The Kier molecular flexibility index (Phi) is 10.5. The fourth-order valence-electron chi connectivity index (χ4n) is 0.880. The molecule has 12 nitrogen and oxygen atoms in total. The van der Waals surface area contributed by atoms with Crippen molar-refractivity contribution in [3.05, 3.63) is 0 Å². The Morgan fingerprint density at radius 3 is 0.955 bits per heavy atom. The number of hydrogen-bond acceptors (Lipinski definition) is 8. The minimum atomic E-state index is -2.36. The Balaban J connectivity index is 0. The van der Waals surface area contributed by atoms with Crippen molar-refractivity contribution in [1.82, 2.24) is 0 Å². The van der Waals surface area contributed by atoms with Gasteiger partial charge in [0.2, 0.25) is 0 Å². The summed E-state index contributed by atoms with van der Waals surface area (Å²) >= 11 is 0. The van der Waals surface area contributed by atoms with E-state index in [9.17, 15) is 19.2 Å². The molecule has 22 heavy (non-hydrogen) atoms. The van der Waals surface area contributed by atoms with Crippen molar-refractivity contribution in [3.8, 4) is 0 Å². The van der Waals surface area contributed by atoms with Gasteiger partial charge in [-0.15, -0.1) is 0 Å².